The molecule has 0 amide bonds. The lowest BCUT2D eigenvalue weighted by atomic mass is 9.97. The molecule has 0 spiro atoms. The Bertz CT molecular complexity index is 1200. The summed E-state index contributed by atoms with van der Waals surface area (Å²) >= 11 is 0. The van der Waals surface area contributed by atoms with Crippen molar-refractivity contribution in [2.75, 3.05) is 13.2 Å². The molecule has 2 nitrogen and oxygen atoms in total. The average Bonchev–Trinajstić information content (AvgIpc) is 2.97. The number of hydrogen-bond acceptors (Lipinski definition) is 2. The highest BCUT2D eigenvalue weighted by atomic mass is 19.2. The molecule has 0 N–H and O–H groups in total. The average molecular weight is 553 g/mol. The molecule has 0 bridgehead atoms. The smallest absolute Gasteiger partial charge is 0.186 e. The Balaban J connectivity index is 1.35. The van der Waals surface area contributed by atoms with Gasteiger partial charge in [0.25, 0.3) is 0 Å². The molecule has 3 aromatic rings. The summed E-state index contributed by atoms with van der Waals surface area (Å²) in [5, 5.41) is 0. The first-order chi connectivity index (χ1) is 19.5. The first-order valence-corrected chi connectivity index (χ1v) is 15.1. The summed E-state index contributed by atoms with van der Waals surface area (Å²) in [6.45, 7) is 5.47. The Kier molecular flexibility index (Phi) is 11.7. The number of hydrogen-bond donors (Lipinski definition) is 0. The van der Waals surface area contributed by atoms with E-state index < -0.39 is 17.9 Å². The van der Waals surface area contributed by atoms with Crippen LogP contribution in [0.3, 0.4) is 0 Å². The largest absolute Gasteiger partial charge is 0.348 e. The standard InChI is InChI=1S/C35H43F3O2/c1-3-5-6-7-8-9-10-11-13-28-18-20-30(34(38)33(28)37)27-16-14-26(15-17-27)29-19-21-31(32(36)22-29)35-39-23-25(12-4-2)24-40-35/h14-22,25,35H,3-13,23-24H2,1-2H3. The molecule has 5 heteroatoms. The molecule has 40 heavy (non-hydrogen) atoms. The van der Waals surface area contributed by atoms with Crippen molar-refractivity contribution >= 4 is 0 Å². The van der Waals surface area contributed by atoms with Gasteiger partial charge in [-0.05, 0) is 47.6 Å². The number of ether oxygens (including phenoxy) is 2. The molecule has 4 rings (SSSR count). The first kappa shape index (κ1) is 30.3. The third-order valence-electron chi connectivity index (χ3n) is 7.91. The third kappa shape index (κ3) is 7.98. The molecule has 1 aliphatic heterocycles. The van der Waals surface area contributed by atoms with Crippen molar-refractivity contribution in [2.24, 2.45) is 5.92 Å². The molecule has 0 aromatic heterocycles. The Morgan fingerprint density at radius 2 is 1.27 bits per heavy atom. The normalized spacial score (nSPS) is 17.3. The number of halogens is 3. The van der Waals surface area contributed by atoms with Gasteiger partial charge in [-0.25, -0.2) is 13.2 Å². The topological polar surface area (TPSA) is 18.5 Å². The van der Waals surface area contributed by atoms with E-state index in [2.05, 4.69) is 13.8 Å². The Hall–Kier alpha value is -2.63. The highest BCUT2D eigenvalue weighted by Crippen LogP contribution is 2.33. The van der Waals surface area contributed by atoms with Crippen molar-refractivity contribution < 1.29 is 22.6 Å². The number of benzene rings is 3. The van der Waals surface area contributed by atoms with Gasteiger partial charge in [0.05, 0.1) is 13.2 Å². The fraction of sp³-hybridized carbons (Fsp3) is 0.486. The zero-order valence-corrected chi connectivity index (χ0v) is 24.0. The van der Waals surface area contributed by atoms with Crippen LogP contribution in [0.1, 0.15) is 95.5 Å². The van der Waals surface area contributed by atoms with Gasteiger partial charge in [0.15, 0.2) is 17.9 Å². The summed E-state index contributed by atoms with van der Waals surface area (Å²) < 4.78 is 56.4. The quantitative estimate of drug-likeness (QED) is 0.185. The van der Waals surface area contributed by atoms with Gasteiger partial charge >= 0.3 is 0 Å². The van der Waals surface area contributed by atoms with Crippen LogP contribution in [0.15, 0.2) is 54.6 Å². The van der Waals surface area contributed by atoms with E-state index in [1.807, 2.05) is 6.07 Å². The summed E-state index contributed by atoms with van der Waals surface area (Å²) in [6.07, 6.45) is 11.3. The van der Waals surface area contributed by atoms with Crippen molar-refractivity contribution in [3.8, 4) is 22.3 Å². The predicted molar refractivity (Wildman–Crippen MR) is 157 cm³/mol. The monoisotopic (exact) mass is 552 g/mol. The van der Waals surface area contributed by atoms with Crippen LogP contribution in [-0.2, 0) is 15.9 Å². The van der Waals surface area contributed by atoms with Crippen molar-refractivity contribution in [1.29, 1.82) is 0 Å². The molecule has 1 fully saturated rings. The highest BCUT2D eigenvalue weighted by Gasteiger charge is 2.25. The van der Waals surface area contributed by atoms with E-state index in [-0.39, 0.29) is 11.4 Å². The van der Waals surface area contributed by atoms with Gasteiger partial charge in [-0.1, -0.05) is 114 Å². The summed E-state index contributed by atoms with van der Waals surface area (Å²) in [6, 6.07) is 15.5. The zero-order chi connectivity index (χ0) is 28.3. The molecule has 216 valence electrons. The maximum absolute atomic E-state index is 15.0. The van der Waals surface area contributed by atoms with Gasteiger partial charge in [-0.15, -0.1) is 0 Å². The van der Waals surface area contributed by atoms with Crippen LogP contribution in [0, 0.1) is 23.4 Å². The van der Waals surface area contributed by atoms with Gasteiger partial charge in [-0.2, -0.15) is 0 Å². The number of rotatable bonds is 14. The molecule has 1 heterocycles. The minimum absolute atomic E-state index is 0.234. The summed E-state index contributed by atoms with van der Waals surface area (Å²) in [5.74, 6) is -1.60. The van der Waals surface area contributed by atoms with Crippen LogP contribution in [0.5, 0.6) is 0 Å². The van der Waals surface area contributed by atoms with E-state index in [9.17, 15) is 8.78 Å². The molecule has 0 unspecified atom stereocenters. The zero-order valence-electron chi connectivity index (χ0n) is 24.0. The van der Waals surface area contributed by atoms with Gasteiger partial charge in [-0.3, -0.25) is 0 Å². The third-order valence-corrected chi connectivity index (χ3v) is 7.91. The molecule has 3 aromatic carbocycles. The SMILES string of the molecule is CCCCCCCCCCc1ccc(-c2ccc(-c3ccc(C4OCC(CCC)CO4)c(F)c3)cc2)c(F)c1F. The molecule has 1 aliphatic rings. The number of unbranched alkanes of at least 4 members (excludes halogenated alkanes) is 7. The van der Waals surface area contributed by atoms with Crippen molar-refractivity contribution in [2.45, 2.75) is 90.8 Å². The van der Waals surface area contributed by atoms with Crippen molar-refractivity contribution in [1.82, 2.24) is 0 Å². The predicted octanol–water partition coefficient (Wildman–Crippen LogP) is 10.6. The van der Waals surface area contributed by atoms with E-state index in [0.717, 1.165) is 37.7 Å². The van der Waals surface area contributed by atoms with Crippen LogP contribution in [0.4, 0.5) is 13.2 Å². The minimum atomic E-state index is -0.811. The van der Waals surface area contributed by atoms with Crippen LogP contribution < -0.4 is 0 Å². The van der Waals surface area contributed by atoms with E-state index in [1.165, 1.54) is 38.2 Å². The summed E-state index contributed by atoms with van der Waals surface area (Å²) in [7, 11) is 0. The molecule has 0 saturated carbocycles. The van der Waals surface area contributed by atoms with Crippen LogP contribution in [0.25, 0.3) is 22.3 Å². The lowest BCUT2D eigenvalue weighted by Crippen LogP contribution is -2.27. The molecular weight excluding hydrogens is 509 g/mol. The second-order valence-corrected chi connectivity index (χ2v) is 11.1. The van der Waals surface area contributed by atoms with E-state index in [1.54, 1.807) is 42.5 Å². The van der Waals surface area contributed by atoms with Crippen LogP contribution in [-0.4, -0.2) is 13.2 Å². The molecule has 1 saturated heterocycles. The molecule has 0 radical (unpaired) electrons. The van der Waals surface area contributed by atoms with E-state index in [4.69, 9.17) is 9.47 Å². The second kappa shape index (κ2) is 15.4. The Labute approximate surface area is 237 Å². The van der Waals surface area contributed by atoms with Crippen LogP contribution >= 0.6 is 0 Å². The minimum Gasteiger partial charge on any atom is -0.348 e. The molecule has 0 atom stereocenters. The van der Waals surface area contributed by atoms with Gasteiger partial charge in [0, 0.05) is 17.0 Å². The van der Waals surface area contributed by atoms with Gasteiger partial charge < -0.3 is 9.47 Å². The molecule has 0 aliphatic carbocycles. The number of aryl methyl sites for hydroxylation is 1. The fourth-order valence-electron chi connectivity index (χ4n) is 5.49. The van der Waals surface area contributed by atoms with Gasteiger partial charge in [0.1, 0.15) is 5.82 Å². The van der Waals surface area contributed by atoms with Crippen molar-refractivity contribution in [3.63, 3.8) is 0 Å². The second-order valence-electron chi connectivity index (χ2n) is 11.1. The maximum atomic E-state index is 15.0. The van der Waals surface area contributed by atoms with E-state index in [0.29, 0.717) is 47.8 Å². The highest BCUT2D eigenvalue weighted by molar-refractivity contribution is 5.71. The van der Waals surface area contributed by atoms with Gasteiger partial charge in [0.2, 0.25) is 0 Å². The molecular formula is C35H43F3O2. The summed E-state index contributed by atoms with van der Waals surface area (Å²) in [5.41, 5.74) is 3.13. The lowest BCUT2D eigenvalue weighted by Gasteiger charge is -2.29. The lowest BCUT2D eigenvalue weighted by molar-refractivity contribution is -0.207. The summed E-state index contributed by atoms with van der Waals surface area (Å²) in [4.78, 5) is 0. The fourth-order valence-corrected chi connectivity index (χ4v) is 5.49. The Morgan fingerprint density at radius 1 is 0.650 bits per heavy atom. The maximum Gasteiger partial charge on any atom is 0.186 e. The Morgan fingerprint density at radius 3 is 1.93 bits per heavy atom. The van der Waals surface area contributed by atoms with Crippen molar-refractivity contribution in [3.05, 3.63) is 83.2 Å². The van der Waals surface area contributed by atoms with Crippen LogP contribution in [0.2, 0.25) is 0 Å². The first-order valence-electron chi connectivity index (χ1n) is 15.1. The van der Waals surface area contributed by atoms with E-state index >= 15 is 4.39 Å².